The lowest BCUT2D eigenvalue weighted by Gasteiger charge is -2.35. The van der Waals surface area contributed by atoms with E-state index in [1.54, 1.807) is 33.9 Å². The normalized spacial score (nSPS) is 15.9. The quantitative estimate of drug-likeness (QED) is 0.428. The molecule has 10 heteroatoms. The number of aryl methyl sites for hydroxylation is 1. The Labute approximate surface area is 150 Å². The number of alkyl halides is 2. The van der Waals surface area contributed by atoms with Gasteiger partial charge < -0.3 is 15.1 Å². The third kappa shape index (κ3) is 5.29. The van der Waals surface area contributed by atoms with Gasteiger partial charge in [0.05, 0.1) is 11.9 Å². The Morgan fingerprint density at radius 3 is 2.74 bits per heavy atom. The summed E-state index contributed by atoms with van der Waals surface area (Å²) in [6.07, 6.45) is 0.897. The van der Waals surface area contributed by atoms with Gasteiger partial charge in [-0.05, 0) is 6.92 Å². The number of guanidine groups is 1. The number of hydrogen-bond donors (Lipinski definition) is 1. The molecule has 1 N–H and O–H groups in total. The molecule has 130 valence electrons. The molecule has 1 aromatic heterocycles. The Morgan fingerprint density at radius 1 is 1.48 bits per heavy atom. The number of hydrogen-bond acceptors (Lipinski definition) is 3. The summed E-state index contributed by atoms with van der Waals surface area (Å²) in [4.78, 5) is 19.5. The summed E-state index contributed by atoms with van der Waals surface area (Å²) in [6.45, 7) is 2.92. The predicted octanol–water partition coefficient (Wildman–Crippen LogP) is 0.917. The summed E-state index contributed by atoms with van der Waals surface area (Å²) in [5.74, 6) is 0.240. The molecular formula is C13H21F2IN6O. The van der Waals surface area contributed by atoms with Gasteiger partial charge in [-0.2, -0.15) is 5.10 Å². The molecule has 0 bridgehead atoms. The average molecular weight is 442 g/mol. The number of nitrogens with one attached hydrogen (secondary N) is 1. The number of aliphatic imine (C=N–C) groups is 1. The van der Waals surface area contributed by atoms with Crippen molar-refractivity contribution in [1.82, 2.24) is 20.0 Å². The second-order valence-electron chi connectivity index (χ2n) is 4.92. The van der Waals surface area contributed by atoms with Crippen LogP contribution < -0.4 is 10.2 Å². The first-order valence-corrected chi connectivity index (χ1v) is 7.11. The van der Waals surface area contributed by atoms with Crippen molar-refractivity contribution in [3.8, 4) is 0 Å². The van der Waals surface area contributed by atoms with Crippen LogP contribution in [0, 0.1) is 0 Å². The van der Waals surface area contributed by atoms with E-state index in [0.29, 0.717) is 25.6 Å². The molecule has 0 aromatic carbocycles. The van der Waals surface area contributed by atoms with Gasteiger partial charge in [0.15, 0.2) is 5.96 Å². The largest absolute Gasteiger partial charge is 0.356 e. The maximum atomic E-state index is 12.3. The summed E-state index contributed by atoms with van der Waals surface area (Å²) in [7, 11) is 1.78. The summed E-state index contributed by atoms with van der Waals surface area (Å²) >= 11 is 0. The lowest BCUT2D eigenvalue weighted by molar-refractivity contribution is -0.120. The molecule has 1 fully saturated rings. The van der Waals surface area contributed by atoms with Crippen molar-refractivity contribution in [2.75, 3.05) is 37.6 Å². The molecule has 0 aliphatic carbocycles. The molecule has 1 amide bonds. The van der Waals surface area contributed by atoms with Crippen LogP contribution in [0.1, 0.15) is 6.92 Å². The van der Waals surface area contributed by atoms with Gasteiger partial charge in [0.1, 0.15) is 13.1 Å². The third-order valence-corrected chi connectivity index (χ3v) is 3.24. The zero-order valence-corrected chi connectivity index (χ0v) is 15.4. The first kappa shape index (κ1) is 19.6. The Hall–Kier alpha value is -1.46. The van der Waals surface area contributed by atoms with E-state index in [4.69, 9.17) is 0 Å². The molecule has 1 aliphatic heterocycles. The molecule has 2 heterocycles. The monoisotopic (exact) mass is 442 g/mol. The highest BCUT2D eigenvalue weighted by Crippen LogP contribution is 2.16. The van der Waals surface area contributed by atoms with Crippen LogP contribution in [0.4, 0.5) is 14.5 Å². The van der Waals surface area contributed by atoms with Gasteiger partial charge in [-0.1, -0.05) is 0 Å². The molecule has 7 nitrogen and oxygen atoms in total. The lowest BCUT2D eigenvalue weighted by Crippen LogP contribution is -2.55. The Balaban J connectivity index is 0.00000264. The number of piperazine rings is 1. The van der Waals surface area contributed by atoms with Gasteiger partial charge in [0.2, 0.25) is 5.91 Å². The van der Waals surface area contributed by atoms with Crippen molar-refractivity contribution in [2.24, 2.45) is 12.0 Å². The number of carbonyl (C=O) groups excluding carboxylic acids is 1. The maximum absolute atomic E-state index is 12.3. The van der Waals surface area contributed by atoms with Crippen molar-refractivity contribution in [3.63, 3.8) is 0 Å². The molecule has 0 unspecified atom stereocenters. The molecule has 0 spiro atoms. The van der Waals surface area contributed by atoms with Crippen molar-refractivity contribution < 1.29 is 13.6 Å². The van der Waals surface area contributed by atoms with E-state index in [2.05, 4.69) is 15.4 Å². The van der Waals surface area contributed by atoms with E-state index < -0.39 is 13.0 Å². The fraction of sp³-hybridized carbons (Fsp3) is 0.615. The number of aromatic nitrogens is 2. The highest BCUT2D eigenvalue weighted by molar-refractivity contribution is 14.0. The Morgan fingerprint density at radius 2 is 2.22 bits per heavy atom. The van der Waals surface area contributed by atoms with Gasteiger partial charge in [-0.25, -0.2) is 13.8 Å². The standard InChI is InChI=1S/C13H20F2N6O.HI/c1-3-16-13(17-7-11(14)15)20-4-5-21(12(22)9-20)10-6-18-19(2)8-10;/h6,8,11H,3-5,7,9H2,1-2H3,(H,16,17);1H. The van der Waals surface area contributed by atoms with Crippen LogP contribution in [0.5, 0.6) is 0 Å². The number of carbonyl (C=O) groups is 1. The minimum absolute atomic E-state index is 0. The molecule has 0 radical (unpaired) electrons. The van der Waals surface area contributed by atoms with E-state index in [-0.39, 0.29) is 36.4 Å². The molecule has 0 saturated carbocycles. The van der Waals surface area contributed by atoms with Gasteiger partial charge >= 0.3 is 0 Å². The summed E-state index contributed by atoms with van der Waals surface area (Å²) < 4.78 is 26.3. The second kappa shape index (κ2) is 8.99. The van der Waals surface area contributed by atoms with E-state index >= 15 is 0 Å². The van der Waals surface area contributed by atoms with E-state index in [9.17, 15) is 13.6 Å². The van der Waals surface area contributed by atoms with Crippen LogP contribution in [0.2, 0.25) is 0 Å². The fourth-order valence-electron chi connectivity index (χ4n) is 2.26. The van der Waals surface area contributed by atoms with Crippen molar-refractivity contribution in [2.45, 2.75) is 13.3 Å². The molecule has 1 saturated heterocycles. The van der Waals surface area contributed by atoms with Crippen molar-refractivity contribution in [1.29, 1.82) is 0 Å². The first-order valence-electron chi connectivity index (χ1n) is 7.11. The van der Waals surface area contributed by atoms with Crippen molar-refractivity contribution in [3.05, 3.63) is 12.4 Å². The topological polar surface area (TPSA) is 65.8 Å². The molecular weight excluding hydrogens is 421 g/mol. The number of halogens is 3. The third-order valence-electron chi connectivity index (χ3n) is 3.24. The number of amides is 1. The second-order valence-corrected chi connectivity index (χ2v) is 4.92. The fourth-order valence-corrected chi connectivity index (χ4v) is 2.26. The van der Waals surface area contributed by atoms with Gasteiger partial charge in [0.25, 0.3) is 6.43 Å². The predicted molar refractivity (Wildman–Crippen MR) is 94.5 cm³/mol. The van der Waals surface area contributed by atoms with Crippen LogP contribution in [0.3, 0.4) is 0 Å². The summed E-state index contributed by atoms with van der Waals surface area (Å²) in [6, 6.07) is 0. The van der Waals surface area contributed by atoms with Crippen LogP contribution in [0.15, 0.2) is 17.4 Å². The molecule has 23 heavy (non-hydrogen) atoms. The maximum Gasteiger partial charge on any atom is 0.257 e. The first-order chi connectivity index (χ1) is 10.5. The lowest BCUT2D eigenvalue weighted by atomic mass is 10.3. The summed E-state index contributed by atoms with van der Waals surface area (Å²) in [5, 5.41) is 6.99. The smallest absolute Gasteiger partial charge is 0.257 e. The zero-order chi connectivity index (χ0) is 16.1. The van der Waals surface area contributed by atoms with Gasteiger partial charge in [-0.15, -0.1) is 24.0 Å². The average Bonchev–Trinajstić information content (AvgIpc) is 2.89. The molecule has 0 atom stereocenters. The SMILES string of the molecule is CCNC(=NCC(F)F)N1CCN(c2cnn(C)c2)C(=O)C1.I. The molecule has 1 aromatic rings. The van der Waals surface area contributed by atoms with E-state index in [0.717, 1.165) is 5.69 Å². The Kier molecular flexibility index (Phi) is 7.65. The number of anilines is 1. The highest BCUT2D eigenvalue weighted by Gasteiger charge is 2.27. The molecule has 1 aliphatic rings. The summed E-state index contributed by atoms with van der Waals surface area (Å²) in [5.41, 5.74) is 0.738. The van der Waals surface area contributed by atoms with Gasteiger partial charge in [0, 0.05) is 32.9 Å². The minimum atomic E-state index is -2.50. The van der Waals surface area contributed by atoms with E-state index in [1.807, 2.05) is 6.92 Å². The van der Waals surface area contributed by atoms with Crippen molar-refractivity contribution >= 4 is 41.5 Å². The highest BCUT2D eigenvalue weighted by atomic mass is 127. The minimum Gasteiger partial charge on any atom is -0.356 e. The van der Waals surface area contributed by atoms with Gasteiger partial charge in [-0.3, -0.25) is 9.48 Å². The number of rotatable bonds is 4. The van der Waals surface area contributed by atoms with Crippen LogP contribution in [-0.2, 0) is 11.8 Å². The Bertz CT molecular complexity index is 550. The molecule has 2 rings (SSSR count). The van der Waals surface area contributed by atoms with E-state index in [1.165, 1.54) is 0 Å². The number of nitrogens with zero attached hydrogens (tertiary/aromatic N) is 5. The van der Waals surface area contributed by atoms with Crippen LogP contribution in [-0.4, -0.2) is 65.7 Å². The zero-order valence-electron chi connectivity index (χ0n) is 13.1. The van der Waals surface area contributed by atoms with Crippen LogP contribution >= 0.6 is 24.0 Å². The van der Waals surface area contributed by atoms with Crippen LogP contribution in [0.25, 0.3) is 0 Å².